The summed E-state index contributed by atoms with van der Waals surface area (Å²) in [6.45, 7) is 8.29. The number of nitrogens with zero attached hydrogens (tertiary/aromatic N) is 1. The average Bonchev–Trinajstić information content (AvgIpc) is 2.30. The molecule has 0 aromatic rings. The minimum absolute atomic E-state index is 0.110. The lowest BCUT2D eigenvalue weighted by atomic mass is 10.4. The Morgan fingerprint density at radius 1 is 1.31 bits per heavy atom. The Kier molecular flexibility index (Phi) is 10.4. The van der Waals surface area contributed by atoms with Crippen molar-refractivity contribution >= 4 is 5.91 Å². The minimum Gasteiger partial charge on any atom is -0.383 e. The zero-order valence-electron chi connectivity index (χ0n) is 10.6. The summed E-state index contributed by atoms with van der Waals surface area (Å²) in [5.74, 6) is 0.110. The maximum atomic E-state index is 11.7. The monoisotopic (exact) mass is 232 g/mol. The minimum atomic E-state index is 0.110. The van der Waals surface area contributed by atoms with Crippen LogP contribution in [0.2, 0.25) is 0 Å². The molecule has 0 aliphatic rings. The van der Waals surface area contributed by atoms with Gasteiger partial charge in [-0.05, 0) is 13.8 Å². The van der Waals surface area contributed by atoms with Gasteiger partial charge >= 0.3 is 0 Å². The first-order valence-corrected chi connectivity index (χ1v) is 5.81. The zero-order chi connectivity index (χ0) is 12.2. The van der Waals surface area contributed by atoms with E-state index in [2.05, 4.69) is 5.32 Å². The smallest absolute Gasteiger partial charge is 0.236 e. The Bertz CT molecular complexity index is 177. The van der Waals surface area contributed by atoms with Crippen molar-refractivity contribution in [2.45, 2.75) is 13.8 Å². The van der Waals surface area contributed by atoms with Gasteiger partial charge in [-0.15, -0.1) is 0 Å². The molecule has 16 heavy (non-hydrogen) atoms. The molecule has 0 rings (SSSR count). The number of amides is 1. The topological polar surface area (TPSA) is 50.8 Å². The molecule has 0 unspecified atom stereocenters. The lowest BCUT2D eigenvalue weighted by Crippen LogP contribution is -2.40. The SMILES string of the molecule is CCOCCN(CC)C(=O)CNCCOC. The third-order valence-electron chi connectivity index (χ3n) is 2.20. The van der Waals surface area contributed by atoms with Gasteiger partial charge in [0.25, 0.3) is 0 Å². The van der Waals surface area contributed by atoms with E-state index in [1.54, 1.807) is 12.0 Å². The highest BCUT2D eigenvalue weighted by Crippen LogP contribution is 1.89. The van der Waals surface area contributed by atoms with Crippen molar-refractivity contribution in [3.05, 3.63) is 0 Å². The van der Waals surface area contributed by atoms with E-state index in [0.29, 0.717) is 39.5 Å². The maximum absolute atomic E-state index is 11.7. The van der Waals surface area contributed by atoms with E-state index in [-0.39, 0.29) is 5.91 Å². The molecule has 0 atom stereocenters. The van der Waals surface area contributed by atoms with E-state index in [0.717, 1.165) is 6.54 Å². The number of carbonyl (C=O) groups excluding carboxylic acids is 1. The molecule has 0 aliphatic heterocycles. The van der Waals surface area contributed by atoms with Gasteiger partial charge in [0.1, 0.15) is 0 Å². The fraction of sp³-hybridized carbons (Fsp3) is 0.909. The normalized spacial score (nSPS) is 10.4. The molecule has 0 bridgehead atoms. The van der Waals surface area contributed by atoms with Crippen LogP contribution in [0.15, 0.2) is 0 Å². The summed E-state index contributed by atoms with van der Waals surface area (Å²) >= 11 is 0. The van der Waals surface area contributed by atoms with Crippen LogP contribution in [0.5, 0.6) is 0 Å². The Balaban J connectivity index is 3.65. The van der Waals surface area contributed by atoms with Crippen LogP contribution in [0.25, 0.3) is 0 Å². The highest BCUT2D eigenvalue weighted by Gasteiger charge is 2.09. The molecule has 5 nitrogen and oxygen atoms in total. The summed E-state index contributed by atoms with van der Waals surface area (Å²) in [4.78, 5) is 13.5. The van der Waals surface area contributed by atoms with E-state index in [4.69, 9.17) is 9.47 Å². The molecular formula is C11H24N2O3. The lowest BCUT2D eigenvalue weighted by molar-refractivity contribution is -0.130. The number of likely N-dealkylation sites (N-methyl/N-ethyl adjacent to an activating group) is 1. The predicted molar refractivity (Wildman–Crippen MR) is 63.5 cm³/mol. The Morgan fingerprint density at radius 2 is 2.06 bits per heavy atom. The molecular weight excluding hydrogens is 208 g/mol. The second-order valence-corrected chi connectivity index (χ2v) is 3.34. The average molecular weight is 232 g/mol. The molecule has 0 saturated carbocycles. The molecule has 0 aromatic carbocycles. The molecule has 0 aliphatic carbocycles. The van der Waals surface area contributed by atoms with Crippen LogP contribution in [-0.4, -0.2) is 63.9 Å². The standard InChI is InChI=1S/C11H24N2O3/c1-4-13(7-9-16-5-2)11(14)10-12-6-8-15-3/h12H,4-10H2,1-3H3. The van der Waals surface area contributed by atoms with E-state index >= 15 is 0 Å². The van der Waals surface area contributed by atoms with Gasteiger partial charge in [-0.25, -0.2) is 0 Å². The van der Waals surface area contributed by atoms with Gasteiger partial charge in [0.05, 0.1) is 19.8 Å². The van der Waals surface area contributed by atoms with Gasteiger partial charge in [0, 0.05) is 33.4 Å². The Hall–Kier alpha value is -0.650. The van der Waals surface area contributed by atoms with Crippen molar-refractivity contribution in [3.63, 3.8) is 0 Å². The molecule has 0 saturated heterocycles. The van der Waals surface area contributed by atoms with Gasteiger partial charge in [-0.3, -0.25) is 4.79 Å². The number of nitrogens with one attached hydrogen (secondary N) is 1. The number of ether oxygens (including phenoxy) is 2. The molecule has 96 valence electrons. The quantitative estimate of drug-likeness (QED) is 0.543. The number of hydrogen-bond donors (Lipinski definition) is 1. The molecule has 0 heterocycles. The highest BCUT2D eigenvalue weighted by molar-refractivity contribution is 5.78. The molecule has 0 spiro atoms. The number of carbonyl (C=O) groups is 1. The Morgan fingerprint density at radius 3 is 2.62 bits per heavy atom. The predicted octanol–water partition coefficient (Wildman–Crippen LogP) is 0.107. The van der Waals surface area contributed by atoms with Crippen LogP contribution >= 0.6 is 0 Å². The first-order chi connectivity index (χ1) is 7.76. The molecule has 1 amide bonds. The summed E-state index contributed by atoms with van der Waals surface area (Å²) in [5, 5.41) is 3.03. The molecule has 1 N–H and O–H groups in total. The molecule has 0 aromatic heterocycles. The summed E-state index contributed by atoms with van der Waals surface area (Å²) in [5.41, 5.74) is 0. The summed E-state index contributed by atoms with van der Waals surface area (Å²) in [6, 6.07) is 0. The van der Waals surface area contributed by atoms with Crippen molar-refractivity contribution in [2.75, 3.05) is 53.1 Å². The van der Waals surface area contributed by atoms with Crippen molar-refractivity contribution < 1.29 is 14.3 Å². The summed E-state index contributed by atoms with van der Waals surface area (Å²) in [7, 11) is 1.64. The van der Waals surface area contributed by atoms with E-state index in [1.165, 1.54) is 0 Å². The van der Waals surface area contributed by atoms with Crippen LogP contribution in [-0.2, 0) is 14.3 Å². The lowest BCUT2D eigenvalue weighted by Gasteiger charge is -2.20. The highest BCUT2D eigenvalue weighted by atomic mass is 16.5. The van der Waals surface area contributed by atoms with Crippen LogP contribution in [0.3, 0.4) is 0 Å². The summed E-state index contributed by atoms with van der Waals surface area (Å²) in [6.07, 6.45) is 0. The second-order valence-electron chi connectivity index (χ2n) is 3.34. The van der Waals surface area contributed by atoms with E-state index in [9.17, 15) is 4.79 Å². The van der Waals surface area contributed by atoms with Gasteiger partial charge in [-0.2, -0.15) is 0 Å². The van der Waals surface area contributed by atoms with Crippen molar-refractivity contribution in [1.82, 2.24) is 10.2 Å². The van der Waals surface area contributed by atoms with Crippen molar-refractivity contribution in [3.8, 4) is 0 Å². The second kappa shape index (κ2) is 10.9. The Labute approximate surface area is 98.1 Å². The third-order valence-corrected chi connectivity index (χ3v) is 2.20. The van der Waals surface area contributed by atoms with Gasteiger partial charge < -0.3 is 19.7 Å². The van der Waals surface area contributed by atoms with E-state index in [1.807, 2.05) is 13.8 Å². The first kappa shape index (κ1) is 15.3. The maximum Gasteiger partial charge on any atom is 0.236 e. The molecule has 0 radical (unpaired) electrons. The van der Waals surface area contributed by atoms with Crippen LogP contribution in [0, 0.1) is 0 Å². The third kappa shape index (κ3) is 7.62. The number of rotatable bonds is 10. The summed E-state index contributed by atoms with van der Waals surface area (Å²) < 4.78 is 10.1. The fourth-order valence-electron chi connectivity index (χ4n) is 1.26. The molecule has 5 heteroatoms. The van der Waals surface area contributed by atoms with Gasteiger partial charge in [0.2, 0.25) is 5.91 Å². The van der Waals surface area contributed by atoms with Gasteiger partial charge in [-0.1, -0.05) is 0 Å². The van der Waals surface area contributed by atoms with Crippen LogP contribution in [0.4, 0.5) is 0 Å². The van der Waals surface area contributed by atoms with Crippen molar-refractivity contribution in [2.24, 2.45) is 0 Å². The van der Waals surface area contributed by atoms with Gasteiger partial charge in [0.15, 0.2) is 0 Å². The van der Waals surface area contributed by atoms with Crippen LogP contribution in [0.1, 0.15) is 13.8 Å². The van der Waals surface area contributed by atoms with Crippen LogP contribution < -0.4 is 5.32 Å². The first-order valence-electron chi connectivity index (χ1n) is 5.81. The zero-order valence-corrected chi connectivity index (χ0v) is 10.6. The number of hydrogen-bond acceptors (Lipinski definition) is 4. The fourth-order valence-corrected chi connectivity index (χ4v) is 1.26. The number of methoxy groups -OCH3 is 1. The largest absolute Gasteiger partial charge is 0.383 e. The van der Waals surface area contributed by atoms with E-state index < -0.39 is 0 Å². The van der Waals surface area contributed by atoms with Crippen molar-refractivity contribution in [1.29, 1.82) is 0 Å². The molecule has 0 fully saturated rings.